The summed E-state index contributed by atoms with van der Waals surface area (Å²) in [5.74, 6) is 1.04. The molecular formula is C22H38Cl2N4O2. The van der Waals surface area contributed by atoms with E-state index in [1.54, 1.807) is 0 Å². The summed E-state index contributed by atoms with van der Waals surface area (Å²) in [5, 5.41) is 5.41. The topological polar surface area (TPSA) is 87.5 Å². The SMILES string of the molecule is CC1CC(C)CN(Cc2ccc(CNC(=O)CNC(=O)[C@@H](N)C(C)C)cc2)C1.Cl.Cl. The summed E-state index contributed by atoms with van der Waals surface area (Å²) >= 11 is 0. The highest BCUT2D eigenvalue weighted by atomic mass is 35.5. The minimum absolute atomic E-state index is 0. The molecule has 2 unspecified atom stereocenters. The van der Waals surface area contributed by atoms with Gasteiger partial charge in [-0.3, -0.25) is 14.5 Å². The Balaban J connectivity index is 0.00000420. The number of hydrogen-bond donors (Lipinski definition) is 3. The maximum absolute atomic E-state index is 11.9. The van der Waals surface area contributed by atoms with Gasteiger partial charge in [0, 0.05) is 26.2 Å². The van der Waals surface area contributed by atoms with E-state index in [1.165, 1.54) is 12.0 Å². The van der Waals surface area contributed by atoms with Crippen molar-refractivity contribution < 1.29 is 9.59 Å². The Morgan fingerprint density at radius 1 is 1.03 bits per heavy atom. The van der Waals surface area contributed by atoms with Crippen LogP contribution in [0.5, 0.6) is 0 Å². The number of likely N-dealkylation sites (tertiary alicyclic amines) is 1. The van der Waals surface area contributed by atoms with Crippen LogP contribution in [0.3, 0.4) is 0 Å². The lowest BCUT2D eigenvalue weighted by atomic mass is 9.91. The smallest absolute Gasteiger partial charge is 0.239 e. The molecule has 0 bridgehead atoms. The molecule has 2 rings (SSSR count). The van der Waals surface area contributed by atoms with Crippen LogP contribution in [0.25, 0.3) is 0 Å². The molecule has 3 atom stereocenters. The first kappa shape index (κ1) is 28.7. The lowest BCUT2D eigenvalue weighted by Gasteiger charge is -2.35. The second-order valence-corrected chi connectivity index (χ2v) is 8.72. The van der Waals surface area contributed by atoms with Gasteiger partial charge in [0.1, 0.15) is 0 Å². The first-order valence-corrected chi connectivity index (χ1v) is 10.3. The predicted molar refractivity (Wildman–Crippen MR) is 127 cm³/mol. The third-order valence-corrected chi connectivity index (χ3v) is 5.31. The minimum Gasteiger partial charge on any atom is -0.350 e. The van der Waals surface area contributed by atoms with Gasteiger partial charge in [-0.2, -0.15) is 0 Å². The second kappa shape index (κ2) is 13.9. The molecule has 6 nitrogen and oxygen atoms in total. The van der Waals surface area contributed by atoms with E-state index >= 15 is 0 Å². The molecule has 0 aromatic heterocycles. The fourth-order valence-corrected chi connectivity index (χ4v) is 3.79. The number of nitrogens with one attached hydrogen (secondary N) is 2. The normalized spacial score (nSPS) is 19.9. The average Bonchev–Trinajstić information content (AvgIpc) is 2.64. The zero-order valence-electron chi connectivity index (χ0n) is 18.5. The van der Waals surface area contributed by atoms with Gasteiger partial charge in [0.25, 0.3) is 0 Å². The van der Waals surface area contributed by atoms with Crippen molar-refractivity contribution in [3.8, 4) is 0 Å². The van der Waals surface area contributed by atoms with Crippen LogP contribution < -0.4 is 16.4 Å². The summed E-state index contributed by atoms with van der Waals surface area (Å²) in [6.07, 6.45) is 1.32. The molecule has 1 saturated heterocycles. The molecule has 4 N–H and O–H groups in total. The highest BCUT2D eigenvalue weighted by Crippen LogP contribution is 2.22. The van der Waals surface area contributed by atoms with Gasteiger partial charge in [0.2, 0.25) is 11.8 Å². The zero-order valence-corrected chi connectivity index (χ0v) is 20.2. The summed E-state index contributed by atoms with van der Waals surface area (Å²) in [6.45, 7) is 12.1. The summed E-state index contributed by atoms with van der Waals surface area (Å²) in [7, 11) is 0. The van der Waals surface area contributed by atoms with Crippen molar-refractivity contribution in [2.45, 2.75) is 53.2 Å². The number of carbonyl (C=O) groups excluding carboxylic acids is 2. The lowest BCUT2D eigenvalue weighted by molar-refractivity contribution is -0.127. The molecule has 0 saturated carbocycles. The maximum Gasteiger partial charge on any atom is 0.239 e. The van der Waals surface area contributed by atoms with Crippen LogP contribution in [0.2, 0.25) is 0 Å². The van der Waals surface area contributed by atoms with E-state index in [4.69, 9.17) is 5.73 Å². The van der Waals surface area contributed by atoms with Crippen LogP contribution in [-0.4, -0.2) is 42.4 Å². The Kier molecular flexibility index (Phi) is 13.2. The van der Waals surface area contributed by atoms with Crippen LogP contribution in [0.4, 0.5) is 0 Å². The zero-order chi connectivity index (χ0) is 20.7. The molecule has 172 valence electrons. The van der Waals surface area contributed by atoms with Crippen LogP contribution in [0.1, 0.15) is 45.2 Å². The van der Waals surface area contributed by atoms with Gasteiger partial charge in [-0.15, -0.1) is 24.8 Å². The van der Waals surface area contributed by atoms with Crippen LogP contribution in [0.15, 0.2) is 24.3 Å². The summed E-state index contributed by atoms with van der Waals surface area (Å²) in [5.41, 5.74) is 8.10. The first-order valence-electron chi connectivity index (χ1n) is 10.3. The fourth-order valence-electron chi connectivity index (χ4n) is 3.79. The van der Waals surface area contributed by atoms with Crippen molar-refractivity contribution in [3.63, 3.8) is 0 Å². The standard InChI is InChI=1S/C22H36N4O2.2ClH/c1-15(2)21(23)22(28)25-11-20(27)24-10-18-5-7-19(8-6-18)14-26-12-16(3)9-17(4)13-26;;/h5-8,15-17,21H,9-14,23H2,1-4H3,(H,24,27)(H,25,28);2*1H/t16?,17?,21-;;/m0../s1. The second-order valence-electron chi connectivity index (χ2n) is 8.72. The Labute approximate surface area is 193 Å². The Bertz CT molecular complexity index is 645. The Morgan fingerprint density at radius 3 is 2.10 bits per heavy atom. The molecule has 1 aromatic rings. The van der Waals surface area contributed by atoms with Crippen molar-refractivity contribution in [2.24, 2.45) is 23.5 Å². The van der Waals surface area contributed by atoms with Gasteiger partial charge in [-0.05, 0) is 35.3 Å². The fraction of sp³-hybridized carbons (Fsp3) is 0.636. The molecular weight excluding hydrogens is 423 g/mol. The monoisotopic (exact) mass is 460 g/mol. The van der Waals surface area contributed by atoms with Crippen LogP contribution in [0, 0.1) is 17.8 Å². The van der Waals surface area contributed by atoms with Crippen molar-refractivity contribution in [1.29, 1.82) is 0 Å². The predicted octanol–water partition coefficient (Wildman–Crippen LogP) is 2.72. The molecule has 1 fully saturated rings. The summed E-state index contributed by atoms with van der Waals surface area (Å²) in [4.78, 5) is 26.2. The first-order chi connectivity index (χ1) is 13.2. The molecule has 1 aliphatic rings. The summed E-state index contributed by atoms with van der Waals surface area (Å²) in [6, 6.07) is 7.79. The number of hydrogen-bond acceptors (Lipinski definition) is 4. The molecule has 30 heavy (non-hydrogen) atoms. The third kappa shape index (κ3) is 9.65. The van der Waals surface area contributed by atoms with E-state index in [1.807, 2.05) is 13.8 Å². The molecule has 0 spiro atoms. The van der Waals surface area contributed by atoms with Gasteiger partial charge in [0.15, 0.2) is 0 Å². The van der Waals surface area contributed by atoms with Crippen LogP contribution >= 0.6 is 24.8 Å². The molecule has 0 radical (unpaired) electrons. The van der Waals surface area contributed by atoms with Gasteiger partial charge < -0.3 is 16.4 Å². The number of nitrogens with two attached hydrogens (primary N) is 1. The van der Waals surface area contributed by atoms with Crippen molar-refractivity contribution in [3.05, 3.63) is 35.4 Å². The van der Waals surface area contributed by atoms with Crippen molar-refractivity contribution in [2.75, 3.05) is 19.6 Å². The largest absolute Gasteiger partial charge is 0.350 e. The average molecular weight is 461 g/mol. The Hall–Kier alpha value is -1.34. The number of nitrogens with zero attached hydrogens (tertiary/aromatic N) is 1. The molecule has 8 heteroatoms. The minimum atomic E-state index is -0.591. The van der Waals surface area contributed by atoms with Gasteiger partial charge in [0.05, 0.1) is 12.6 Å². The Morgan fingerprint density at radius 2 is 1.57 bits per heavy atom. The van der Waals surface area contributed by atoms with Crippen LogP contribution in [-0.2, 0) is 22.7 Å². The molecule has 1 heterocycles. The highest BCUT2D eigenvalue weighted by Gasteiger charge is 2.21. The van der Waals surface area contributed by atoms with Gasteiger partial charge in [-0.25, -0.2) is 0 Å². The molecule has 1 aromatic carbocycles. The number of halogens is 2. The summed E-state index contributed by atoms with van der Waals surface area (Å²) < 4.78 is 0. The van der Waals surface area contributed by atoms with Gasteiger partial charge in [-0.1, -0.05) is 52.0 Å². The van der Waals surface area contributed by atoms with E-state index in [-0.39, 0.29) is 49.1 Å². The number of piperidine rings is 1. The molecule has 1 aliphatic heterocycles. The van der Waals surface area contributed by atoms with Crippen molar-refractivity contribution >= 4 is 36.6 Å². The lowest BCUT2D eigenvalue weighted by Crippen LogP contribution is -2.47. The highest BCUT2D eigenvalue weighted by molar-refractivity contribution is 5.87. The number of carbonyl (C=O) groups is 2. The number of benzene rings is 1. The number of amides is 2. The van der Waals surface area contributed by atoms with E-state index in [9.17, 15) is 9.59 Å². The van der Waals surface area contributed by atoms with E-state index in [0.29, 0.717) is 6.54 Å². The third-order valence-electron chi connectivity index (χ3n) is 5.31. The van der Waals surface area contributed by atoms with E-state index in [2.05, 4.69) is 53.6 Å². The molecule has 2 amide bonds. The molecule has 0 aliphatic carbocycles. The van der Waals surface area contributed by atoms with E-state index in [0.717, 1.165) is 37.0 Å². The van der Waals surface area contributed by atoms with Crippen molar-refractivity contribution in [1.82, 2.24) is 15.5 Å². The maximum atomic E-state index is 11.9. The quantitative estimate of drug-likeness (QED) is 0.556. The van der Waals surface area contributed by atoms with E-state index < -0.39 is 6.04 Å². The number of rotatable bonds is 8. The van der Waals surface area contributed by atoms with Gasteiger partial charge >= 0.3 is 0 Å².